The second kappa shape index (κ2) is 9.75. The number of likely N-dealkylation sites (N-methyl/N-ethyl adjacent to an activating group) is 1. The van der Waals surface area contributed by atoms with Crippen LogP contribution in [0.5, 0.6) is 5.75 Å². The van der Waals surface area contributed by atoms with Crippen LogP contribution in [-0.4, -0.2) is 43.3 Å². The average Bonchev–Trinajstić information content (AvgIpc) is 2.67. The number of halogens is 1. The van der Waals surface area contributed by atoms with Crippen molar-refractivity contribution >= 4 is 40.7 Å². The third-order valence-electron chi connectivity index (χ3n) is 3.88. The molecule has 0 heterocycles. The van der Waals surface area contributed by atoms with Crippen LogP contribution in [0.3, 0.4) is 0 Å². The molecule has 0 aliphatic heterocycles. The quantitative estimate of drug-likeness (QED) is 0.741. The molecule has 0 saturated carbocycles. The molecule has 0 spiro atoms. The predicted octanol–water partition coefficient (Wildman–Crippen LogP) is 3.41. The molecular formula is C20H22ClN3O4. The highest BCUT2D eigenvalue weighted by Gasteiger charge is 2.17. The van der Waals surface area contributed by atoms with E-state index in [1.165, 1.54) is 19.1 Å². The molecule has 7 nitrogen and oxygen atoms in total. The van der Waals surface area contributed by atoms with E-state index in [1.54, 1.807) is 49.4 Å². The maximum atomic E-state index is 12.6. The van der Waals surface area contributed by atoms with Crippen molar-refractivity contribution < 1.29 is 19.1 Å². The lowest BCUT2D eigenvalue weighted by atomic mass is 10.1. The number of ether oxygens (including phenoxy) is 1. The van der Waals surface area contributed by atoms with Gasteiger partial charge in [0, 0.05) is 29.7 Å². The van der Waals surface area contributed by atoms with Crippen LogP contribution < -0.4 is 15.4 Å². The van der Waals surface area contributed by atoms with E-state index in [2.05, 4.69) is 10.6 Å². The molecule has 148 valence electrons. The highest BCUT2D eigenvalue weighted by Crippen LogP contribution is 2.27. The Balaban J connectivity index is 2.04. The van der Waals surface area contributed by atoms with Crippen LogP contribution in [0.15, 0.2) is 42.5 Å². The minimum Gasteiger partial charge on any atom is -0.495 e. The first-order chi connectivity index (χ1) is 13.3. The summed E-state index contributed by atoms with van der Waals surface area (Å²) in [6.45, 7) is 1.58. The lowest BCUT2D eigenvalue weighted by molar-refractivity contribution is -0.117. The minimum atomic E-state index is -0.396. The van der Waals surface area contributed by atoms with Gasteiger partial charge in [0.2, 0.25) is 11.8 Å². The molecular weight excluding hydrogens is 382 g/mol. The largest absolute Gasteiger partial charge is 0.495 e. The third kappa shape index (κ3) is 5.72. The summed E-state index contributed by atoms with van der Waals surface area (Å²) in [5, 5.41) is 5.84. The summed E-state index contributed by atoms with van der Waals surface area (Å²) in [5.41, 5.74) is 1.31. The van der Waals surface area contributed by atoms with E-state index in [0.717, 1.165) is 0 Å². The number of amides is 3. The summed E-state index contributed by atoms with van der Waals surface area (Å²) in [4.78, 5) is 37.7. The highest BCUT2D eigenvalue weighted by molar-refractivity contribution is 6.31. The Kier molecular flexibility index (Phi) is 7.40. The first kappa shape index (κ1) is 21.2. The van der Waals surface area contributed by atoms with Crippen LogP contribution >= 0.6 is 11.6 Å². The molecule has 0 bridgehead atoms. The van der Waals surface area contributed by atoms with Gasteiger partial charge in [-0.15, -0.1) is 0 Å². The SMILES string of the molecule is CCC(=O)Nc1cccc(C(=O)N(C)CC(=O)Nc2cc(Cl)ccc2OC)c1. The highest BCUT2D eigenvalue weighted by atomic mass is 35.5. The van der Waals surface area contributed by atoms with Crippen LogP contribution in [0.2, 0.25) is 5.02 Å². The maximum absolute atomic E-state index is 12.6. The Labute approximate surface area is 168 Å². The zero-order valence-corrected chi connectivity index (χ0v) is 16.7. The van der Waals surface area contributed by atoms with E-state index in [4.69, 9.17) is 16.3 Å². The molecule has 0 saturated heterocycles. The van der Waals surface area contributed by atoms with Crippen molar-refractivity contribution in [3.05, 3.63) is 53.1 Å². The fourth-order valence-electron chi connectivity index (χ4n) is 2.45. The third-order valence-corrected chi connectivity index (χ3v) is 4.11. The summed E-state index contributed by atoms with van der Waals surface area (Å²) >= 11 is 5.95. The number of carbonyl (C=O) groups excluding carboxylic acids is 3. The van der Waals surface area contributed by atoms with E-state index >= 15 is 0 Å². The van der Waals surface area contributed by atoms with E-state index in [1.807, 2.05) is 0 Å². The van der Waals surface area contributed by atoms with E-state index in [-0.39, 0.29) is 18.4 Å². The number of hydrogen-bond acceptors (Lipinski definition) is 4. The number of rotatable bonds is 7. The van der Waals surface area contributed by atoms with Gasteiger partial charge in [-0.25, -0.2) is 0 Å². The molecule has 0 radical (unpaired) electrons. The molecule has 28 heavy (non-hydrogen) atoms. The Morgan fingerprint density at radius 2 is 1.82 bits per heavy atom. The van der Waals surface area contributed by atoms with Gasteiger partial charge in [0.05, 0.1) is 19.3 Å². The fraction of sp³-hybridized carbons (Fsp3) is 0.250. The summed E-state index contributed by atoms with van der Waals surface area (Å²) in [5.74, 6) is -0.424. The second-order valence-corrected chi connectivity index (χ2v) is 6.47. The van der Waals surface area contributed by atoms with Crippen LogP contribution in [-0.2, 0) is 9.59 Å². The van der Waals surface area contributed by atoms with Crippen molar-refractivity contribution in [3.63, 3.8) is 0 Å². The topological polar surface area (TPSA) is 87.7 Å². The Hall–Kier alpha value is -3.06. The van der Waals surface area contributed by atoms with Gasteiger partial charge in [-0.3, -0.25) is 14.4 Å². The Morgan fingerprint density at radius 3 is 2.50 bits per heavy atom. The van der Waals surface area contributed by atoms with Gasteiger partial charge in [-0.2, -0.15) is 0 Å². The number of carbonyl (C=O) groups is 3. The normalized spacial score (nSPS) is 10.1. The van der Waals surface area contributed by atoms with E-state index in [0.29, 0.717) is 34.1 Å². The molecule has 0 fully saturated rings. The summed E-state index contributed by atoms with van der Waals surface area (Å²) in [6, 6.07) is 11.4. The van der Waals surface area contributed by atoms with Crippen molar-refractivity contribution in [2.75, 3.05) is 31.3 Å². The first-order valence-electron chi connectivity index (χ1n) is 8.62. The number of anilines is 2. The fourth-order valence-corrected chi connectivity index (χ4v) is 2.63. The zero-order chi connectivity index (χ0) is 20.7. The monoisotopic (exact) mass is 403 g/mol. The molecule has 2 rings (SSSR count). The Morgan fingerprint density at radius 1 is 1.07 bits per heavy atom. The van der Waals surface area contributed by atoms with Gasteiger partial charge in [0.15, 0.2) is 0 Å². The molecule has 2 N–H and O–H groups in total. The second-order valence-electron chi connectivity index (χ2n) is 6.04. The van der Waals surface area contributed by atoms with Gasteiger partial charge in [-0.05, 0) is 36.4 Å². The van der Waals surface area contributed by atoms with Crippen LogP contribution in [0, 0.1) is 0 Å². The van der Waals surface area contributed by atoms with Crippen molar-refractivity contribution in [2.24, 2.45) is 0 Å². The van der Waals surface area contributed by atoms with Crippen molar-refractivity contribution in [1.29, 1.82) is 0 Å². The molecule has 8 heteroatoms. The average molecular weight is 404 g/mol. The minimum absolute atomic E-state index is 0.146. The number of nitrogens with zero attached hydrogens (tertiary/aromatic N) is 1. The number of methoxy groups -OCH3 is 1. The molecule has 2 aromatic rings. The van der Waals surface area contributed by atoms with Crippen molar-refractivity contribution in [2.45, 2.75) is 13.3 Å². The van der Waals surface area contributed by atoms with Crippen LogP contribution in [0.25, 0.3) is 0 Å². The smallest absolute Gasteiger partial charge is 0.254 e. The van der Waals surface area contributed by atoms with Crippen LogP contribution in [0.4, 0.5) is 11.4 Å². The van der Waals surface area contributed by atoms with Crippen molar-refractivity contribution in [1.82, 2.24) is 4.90 Å². The maximum Gasteiger partial charge on any atom is 0.254 e. The van der Waals surface area contributed by atoms with Crippen LogP contribution in [0.1, 0.15) is 23.7 Å². The lowest BCUT2D eigenvalue weighted by Gasteiger charge is -2.18. The molecule has 3 amide bonds. The number of nitrogens with one attached hydrogen (secondary N) is 2. The van der Waals surface area contributed by atoms with Gasteiger partial charge >= 0.3 is 0 Å². The van der Waals surface area contributed by atoms with E-state index < -0.39 is 5.91 Å². The predicted molar refractivity (Wildman–Crippen MR) is 109 cm³/mol. The first-order valence-corrected chi connectivity index (χ1v) is 9.00. The van der Waals surface area contributed by atoms with Gasteiger partial charge in [0.25, 0.3) is 5.91 Å². The molecule has 0 aromatic heterocycles. The lowest BCUT2D eigenvalue weighted by Crippen LogP contribution is -2.35. The van der Waals surface area contributed by atoms with E-state index in [9.17, 15) is 14.4 Å². The molecule has 0 unspecified atom stereocenters. The number of hydrogen-bond donors (Lipinski definition) is 2. The summed E-state index contributed by atoms with van der Waals surface area (Å²) in [7, 11) is 3.01. The van der Waals surface area contributed by atoms with Gasteiger partial charge in [0.1, 0.15) is 5.75 Å². The molecule has 2 aromatic carbocycles. The summed E-state index contributed by atoms with van der Waals surface area (Å²) in [6.07, 6.45) is 0.339. The summed E-state index contributed by atoms with van der Waals surface area (Å²) < 4.78 is 5.19. The Bertz CT molecular complexity index is 886. The molecule has 0 aliphatic carbocycles. The molecule has 0 aliphatic rings. The van der Waals surface area contributed by atoms with Gasteiger partial charge in [-0.1, -0.05) is 24.6 Å². The number of benzene rings is 2. The van der Waals surface area contributed by atoms with Gasteiger partial charge < -0.3 is 20.3 Å². The molecule has 0 atom stereocenters. The zero-order valence-electron chi connectivity index (χ0n) is 15.9. The van der Waals surface area contributed by atoms with Crippen molar-refractivity contribution in [3.8, 4) is 5.75 Å². The standard InChI is InChI=1S/C20H22ClN3O4/c1-4-18(25)22-15-7-5-6-13(10-15)20(27)24(2)12-19(26)23-16-11-14(21)8-9-17(16)28-3/h5-11H,4,12H2,1-3H3,(H,22,25)(H,23,26).